The van der Waals surface area contributed by atoms with Gasteiger partial charge in [-0.1, -0.05) is 24.3 Å². The van der Waals surface area contributed by atoms with Gasteiger partial charge in [0.25, 0.3) is 0 Å². The van der Waals surface area contributed by atoms with Gasteiger partial charge in [0, 0.05) is 11.8 Å². The van der Waals surface area contributed by atoms with Gasteiger partial charge < -0.3 is 0 Å². The zero-order valence-electron chi connectivity index (χ0n) is 15.6. The lowest BCUT2D eigenvalue weighted by Gasteiger charge is -2.19. The molecule has 0 bridgehead atoms. The van der Waals surface area contributed by atoms with E-state index in [1.807, 2.05) is 42.6 Å². The van der Waals surface area contributed by atoms with Crippen molar-refractivity contribution in [1.29, 1.82) is 0 Å². The molecule has 136 valence electrons. The largest absolute Gasteiger partial charge is 0.298 e. The number of imidazole rings is 1. The van der Waals surface area contributed by atoms with Gasteiger partial charge in [0.2, 0.25) is 0 Å². The zero-order valence-corrected chi connectivity index (χ0v) is 15.6. The summed E-state index contributed by atoms with van der Waals surface area (Å²) >= 11 is 0. The van der Waals surface area contributed by atoms with Crippen molar-refractivity contribution in [3.8, 4) is 0 Å². The van der Waals surface area contributed by atoms with Crippen LogP contribution in [0.5, 0.6) is 0 Å². The summed E-state index contributed by atoms with van der Waals surface area (Å²) in [5.74, 6) is 0. The molecule has 0 aliphatic carbocycles. The molecule has 0 saturated carbocycles. The van der Waals surface area contributed by atoms with Crippen LogP contribution in [0.3, 0.4) is 0 Å². The van der Waals surface area contributed by atoms with E-state index in [1.165, 1.54) is 0 Å². The molecule has 0 spiro atoms. The number of benzene rings is 1. The third-order valence-corrected chi connectivity index (χ3v) is 4.60. The predicted octanol–water partition coefficient (Wildman–Crippen LogP) is 5.01. The van der Waals surface area contributed by atoms with E-state index in [0.717, 1.165) is 22.5 Å². The Bertz CT molecular complexity index is 971. The highest BCUT2D eigenvalue weighted by molar-refractivity contribution is 6.13. The summed E-state index contributed by atoms with van der Waals surface area (Å²) in [5, 5.41) is 0. The maximum Gasteiger partial charge on any atom is 0.140 e. The van der Waals surface area contributed by atoms with Crippen molar-refractivity contribution in [2.75, 3.05) is 6.67 Å². The Morgan fingerprint density at radius 2 is 1.88 bits per heavy atom. The second kappa shape index (κ2) is 6.98. The van der Waals surface area contributed by atoms with Crippen LogP contribution in [-0.2, 0) is 6.67 Å². The van der Waals surface area contributed by atoms with Gasteiger partial charge in [-0.3, -0.25) is 9.39 Å². The lowest BCUT2D eigenvalue weighted by molar-refractivity contribution is 0.355. The number of hydrogen-bond acceptors (Lipinski definition) is 2. The van der Waals surface area contributed by atoms with Crippen molar-refractivity contribution in [3.05, 3.63) is 70.7 Å². The maximum absolute atomic E-state index is 13.6. The monoisotopic (exact) mass is 355 g/mol. The first-order valence-electron chi connectivity index (χ1n) is 8.61. The highest BCUT2D eigenvalue weighted by Crippen LogP contribution is 2.23. The maximum atomic E-state index is 13.6. The Morgan fingerprint density at radius 1 is 1.15 bits per heavy atom. The average Bonchev–Trinajstić information content (AvgIpc) is 3.07. The van der Waals surface area contributed by atoms with Crippen LogP contribution in [0, 0.1) is 13.8 Å². The molecule has 3 rings (SSSR count). The molecule has 1 aromatic carbocycles. The Balaban J connectivity index is 2.31. The molecule has 2 heterocycles. The Kier molecular flexibility index (Phi) is 4.90. The lowest BCUT2D eigenvalue weighted by atomic mass is 9.99. The van der Waals surface area contributed by atoms with Gasteiger partial charge in [-0.15, -0.1) is 0 Å². The summed E-state index contributed by atoms with van der Waals surface area (Å²) in [5.41, 5.74) is 4.59. The van der Waals surface area contributed by atoms with Gasteiger partial charge in [0.1, 0.15) is 19.0 Å². The van der Waals surface area contributed by atoms with Crippen molar-refractivity contribution < 1.29 is 8.78 Å². The van der Waals surface area contributed by atoms with Gasteiger partial charge in [-0.05, 0) is 50.5 Å². The Labute approximate surface area is 152 Å². The summed E-state index contributed by atoms with van der Waals surface area (Å²) in [6.07, 6.45) is 3.65. The summed E-state index contributed by atoms with van der Waals surface area (Å²) in [7, 11) is 0. The van der Waals surface area contributed by atoms with Crippen molar-refractivity contribution in [2.45, 2.75) is 39.9 Å². The molecule has 0 N–H and O–H groups in total. The van der Waals surface area contributed by atoms with Crippen molar-refractivity contribution in [3.63, 3.8) is 0 Å². The molecule has 0 saturated heterocycles. The topological polar surface area (TPSA) is 29.7 Å². The molecule has 26 heavy (non-hydrogen) atoms. The highest BCUT2D eigenvalue weighted by atomic mass is 19.1. The van der Waals surface area contributed by atoms with E-state index in [9.17, 15) is 8.78 Å². The normalized spacial score (nSPS) is 12.8. The molecular formula is C21H23F2N3. The van der Waals surface area contributed by atoms with Crippen molar-refractivity contribution in [2.24, 2.45) is 4.99 Å². The third kappa shape index (κ3) is 3.26. The van der Waals surface area contributed by atoms with Gasteiger partial charge in [0.05, 0.1) is 23.1 Å². The minimum Gasteiger partial charge on any atom is -0.298 e. The van der Waals surface area contributed by atoms with E-state index in [0.29, 0.717) is 16.8 Å². The number of aromatic nitrogens is 2. The number of pyridine rings is 1. The lowest BCUT2D eigenvalue weighted by Crippen LogP contribution is -2.24. The second-order valence-electron chi connectivity index (χ2n) is 7.16. The van der Waals surface area contributed by atoms with Crippen LogP contribution in [0.25, 0.3) is 5.65 Å². The quantitative estimate of drug-likeness (QED) is 0.592. The summed E-state index contributed by atoms with van der Waals surface area (Å²) in [6.45, 7) is 6.28. The summed E-state index contributed by atoms with van der Waals surface area (Å²) in [4.78, 5) is 9.20. The first kappa shape index (κ1) is 18.2. The molecule has 0 aliphatic heterocycles. The third-order valence-electron chi connectivity index (χ3n) is 4.60. The Hall–Kier alpha value is -2.56. The van der Waals surface area contributed by atoms with E-state index >= 15 is 0 Å². The zero-order chi connectivity index (χ0) is 18.9. The Morgan fingerprint density at radius 3 is 2.58 bits per heavy atom. The summed E-state index contributed by atoms with van der Waals surface area (Å²) in [6, 6.07) is 9.18. The molecule has 0 amide bonds. The molecular weight excluding hydrogens is 332 g/mol. The number of fused-ring (bicyclic) bond motifs is 1. The number of rotatable bonds is 5. The molecule has 0 unspecified atom stereocenters. The van der Waals surface area contributed by atoms with Crippen LogP contribution < -0.4 is 0 Å². The number of aliphatic imine (C=N–C) groups is 1. The average molecular weight is 355 g/mol. The number of alkyl halides is 2. The fraction of sp³-hybridized carbons (Fsp3) is 0.333. The van der Waals surface area contributed by atoms with E-state index in [2.05, 4.69) is 9.98 Å². The van der Waals surface area contributed by atoms with E-state index < -0.39 is 18.9 Å². The van der Waals surface area contributed by atoms with Crippen molar-refractivity contribution in [1.82, 2.24) is 9.38 Å². The summed E-state index contributed by atoms with van der Waals surface area (Å²) < 4.78 is 29.0. The first-order chi connectivity index (χ1) is 12.4. The molecule has 3 nitrogen and oxygen atoms in total. The van der Waals surface area contributed by atoms with Gasteiger partial charge in [-0.25, -0.2) is 13.8 Å². The minimum absolute atomic E-state index is 0.527. The number of aryl methyl sites for hydroxylation is 2. The van der Waals surface area contributed by atoms with Gasteiger partial charge >= 0.3 is 0 Å². The highest BCUT2D eigenvalue weighted by Gasteiger charge is 2.22. The van der Waals surface area contributed by atoms with Crippen LogP contribution in [0.15, 0.2) is 47.7 Å². The second-order valence-corrected chi connectivity index (χ2v) is 7.16. The number of hydrogen-bond donors (Lipinski definition) is 0. The fourth-order valence-corrected chi connectivity index (χ4v) is 2.91. The van der Waals surface area contributed by atoms with Gasteiger partial charge in [0.15, 0.2) is 0 Å². The van der Waals surface area contributed by atoms with E-state index in [-0.39, 0.29) is 0 Å². The molecule has 0 fully saturated rings. The molecule has 0 atom stereocenters. The van der Waals surface area contributed by atoms with Crippen LogP contribution in [0.2, 0.25) is 0 Å². The van der Waals surface area contributed by atoms with E-state index in [1.54, 1.807) is 32.2 Å². The van der Waals surface area contributed by atoms with Crippen LogP contribution >= 0.6 is 0 Å². The molecule has 0 aliphatic rings. The van der Waals surface area contributed by atoms with Crippen molar-refractivity contribution >= 4 is 11.4 Å². The number of halogens is 2. The van der Waals surface area contributed by atoms with Gasteiger partial charge in [-0.2, -0.15) is 0 Å². The predicted molar refractivity (Wildman–Crippen MR) is 102 cm³/mol. The smallest absolute Gasteiger partial charge is 0.140 e. The molecule has 3 aromatic rings. The molecule has 5 heteroatoms. The van der Waals surface area contributed by atoms with Crippen LogP contribution in [0.1, 0.15) is 41.8 Å². The van der Waals surface area contributed by atoms with E-state index in [4.69, 9.17) is 0 Å². The minimum atomic E-state index is -0.914. The molecule has 2 aromatic heterocycles. The van der Waals surface area contributed by atoms with Crippen LogP contribution in [-0.4, -0.2) is 27.3 Å². The van der Waals surface area contributed by atoms with Crippen LogP contribution in [0.4, 0.5) is 8.78 Å². The fourth-order valence-electron chi connectivity index (χ4n) is 2.91. The SMILES string of the molecule is Cc1ccn2c(/C(=N/C(C)(C)CF)c3ccccc3CF)cnc2c1C. The standard InChI is InChI=1S/C21H23F2N3/c1-14-9-10-26-18(12-24-20(26)15(14)2)19(25-21(3,4)13-23)17-8-6-5-7-16(17)11-22/h5-10,12H,11,13H2,1-4H3/b25-19+. The first-order valence-corrected chi connectivity index (χ1v) is 8.61. The number of nitrogens with zero attached hydrogens (tertiary/aromatic N) is 3. The molecule has 0 radical (unpaired) electrons.